The monoisotopic (exact) mass is 306 g/mol. The minimum Gasteiger partial charge on any atom is -0.476 e. The average Bonchev–Trinajstić information content (AvgIpc) is 2.48. The lowest BCUT2D eigenvalue weighted by Crippen LogP contribution is -2.27. The number of nitrogens with zero attached hydrogens (tertiary/aromatic N) is 2. The van der Waals surface area contributed by atoms with E-state index >= 15 is 0 Å². The van der Waals surface area contributed by atoms with Crippen LogP contribution in [0.1, 0.15) is 16.1 Å². The number of anilines is 1. The Morgan fingerprint density at radius 2 is 1.90 bits per heavy atom. The summed E-state index contributed by atoms with van der Waals surface area (Å²) in [6.07, 6.45) is 0. The molecule has 0 bridgehead atoms. The maximum atomic E-state index is 11.1. The van der Waals surface area contributed by atoms with Crippen LogP contribution in [-0.4, -0.2) is 34.3 Å². The van der Waals surface area contributed by atoms with Gasteiger partial charge in [0.25, 0.3) is 0 Å². The number of pyridine rings is 1. The summed E-state index contributed by atoms with van der Waals surface area (Å²) in [5.74, 6) is -0.708. The molecule has 5 nitrogen and oxygen atoms in total. The Morgan fingerprint density at radius 3 is 2.52 bits per heavy atom. The second-order valence-corrected chi connectivity index (χ2v) is 4.84. The van der Waals surface area contributed by atoms with Crippen molar-refractivity contribution >= 4 is 23.4 Å². The zero-order valence-electron chi connectivity index (χ0n) is 11.2. The zero-order chi connectivity index (χ0) is 15.2. The fourth-order valence-corrected chi connectivity index (χ4v) is 2.14. The van der Waals surface area contributed by atoms with Crippen molar-refractivity contribution in [3.63, 3.8) is 0 Å². The second kappa shape index (κ2) is 7.06. The maximum Gasteiger partial charge on any atom is 0.356 e. The van der Waals surface area contributed by atoms with Crippen LogP contribution in [0, 0.1) is 0 Å². The van der Waals surface area contributed by atoms with Crippen molar-refractivity contribution in [3.05, 3.63) is 58.7 Å². The molecule has 1 aromatic carbocycles. The smallest absolute Gasteiger partial charge is 0.356 e. The number of hydrogen-bond donors (Lipinski definition) is 2. The fourth-order valence-electron chi connectivity index (χ4n) is 1.96. The lowest BCUT2D eigenvalue weighted by molar-refractivity contribution is 0.0691. The summed E-state index contributed by atoms with van der Waals surface area (Å²) in [6, 6.07) is 12.8. The first-order chi connectivity index (χ1) is 10.1. The summed E-state index contributed by atoms with van der Waals surface area (Å²) in [4.78, 5) is 17.0. The van der Waals surface area contributed by atoms with Crippen LogP contribution in [-0.2, 0) is 6.54 Å². The molecule has 1 aromatic heterocycles. The number of aliphatic hydroxyl groups is 1. The van der Waals surface area contributed by atoms with Gasteiger partial charge in [0.1, 0.15) is 5.82 Å². The summed E-state index contributed by atoms with van der Waals surface area (Å²) in [7, 11) is 0. The third kappa shape index (κ3) is 3.93. The van der Waals surface area contributed by atoms with Gasteiger partial charge in [0.15, 0.2) is 5.69 Å². The van der Waals surface area contributed by atoms with Crippen molar-refractivity contribution in [1.29, 1.82) is 0 Å². The molecule has 0 fully saturated rings. The van der Waals surface area contributed by atoms with Gasteiger partial charge in [-0.25, -0.2) is 9.78 Å². The first kappa shape index (κ1) is 15.3. The van der Waals surface area contributed by atoms with E-state index < -0.39 is 5.97 Å². The summed E-state index contributed by atoms with van der Waals surface area (Å²) >= 11 is 5.82. The normalized spacial score (nSPS) is 10.4. The van der Waals surface area contributed by atoms with Crippen molar-refractivity contribution in [2.45, 2.75) is 6.54 Å². The molecule has 6 heteroatoms. The summed E-state index contributed by atoms with van der Waals surface area (Å²) in [6.45, 7) is 0.817. The number of hydrogen-bond acceptors (Lipinski definition) is 4. The molecule has 0 aliphatic carbocycles. The molecule has 0 saturated heterocycles. The highest BCUT2D eigenvalue weighted by Gasteiger charge is 2.15. The van der Waals surface area contributed by atoms with Crippen molar-refractivity contribution in [2.24, 2.45) is 0 Å². The van der Waals surface area contributed by atoms with Crippen LogP contribution in [0.3, 0.4) is 0 Å². The summed E-state index contributed by atoms with van der Waals surface area (Å²) < 4.78 is 0. The van der Waals surface area contributed by atoms with Crippen LogP contribution >= 0.6 is 11.6 Å². The Balaban J connectivity index is 2.29. The van der Waals surface area contributed by atoms with E-state index in [0.29, 0.717) is 18.9 Å². The number of carboxylic acid groups (broad SMARTS) is 1. The van der Waals surface area contributed by atoms with Gasteiger partial charge >= 0.3 is 5.97 Å². The first-order valence-corrected chi connectivity index (χ1v) is 6.79. The van der Waals surface area contributed by atoms with E-state index in [4.69, 9.17) is 16.7 Å². The lowest BCUT2D eigenvalue weighted by Gasteiger charge is -2.23. The van der Waals surface area contributed by atoms with Crippen molar-refractivity contribution in [2.75, 3.05) is 18.1 Å². The van der Waals surface area contributed by atoms with Gasteiger partial charge in [-0.05, 0) is 17.7 Å². The van der Waals surface area contributed by atoms with Crippen LogP contribution in [0.25, 0.3) is 0 Å². The minimum atomic E-state index is -1.18. The van der Waals surface area contributed by atoms with Crippen LogP contribution in [0.2, 0.25) is 5.02 Å². The SMILES string of the molecule is O=C(O)c1nc(N(CCO)Cc2ccccc2)ccc1Cl. The van der Waals surface area contributed by atoms with E-state index in [-0.39, 0.29) is 17.3 Å². The van der Waals surface area contributed by atoms with Gasteiger partial charge in [-0.1, -0.05) is 41.9 Å². The largest absolute Gasteiger partial charge is 0.476 e. The Hall–Kier alpha value is -2.11. The minimum absolute atomic E-state index is 0.0560. The fraction of sp³-hybridized carbons (Fsp3) is 0.200. The predicted octanol–water partition coefficient (Wildman–Crippen LogP) is 2.43. The van der Waals surface area contributed by atoms with Gasteiger partial charge in [-0.15, -0.1) is 0 Å². The highest BCUT2D eigenvalue weighted by atomic mass is 35.5. The number of aromatic carboxylic acids is 1. The van der Waals surface area contributed by atoms with Crippen LogP contribution in [0.4, 0.5) is 5.82 Å². The lowest BCUT2D eigenvalue weighted by atomic mass is 10.2. The van der Waals surface area contributed by atoms with E-state index in [1.54, 1.807) is 11.0 Å². The van der Waals surface area contributed by atoms with E-state index in [1.165, 1.54) is 6.07 Å². The van der Waals surface area contributed by atoms with Crippen LogP contribution in [0.15, 0.2) is 42.5 Å². The van der Waals surface area contributed by atoms with Gasteiger partial charge in [0.2, 0.25) is 0 Å². The highest BCUT2D eigenvalue weighted by Crippen LogP contribution is 2.20. The molecule has 0 spiro atoms. The van der Waals surface area contributed by atoms with Crippen LogP contribution in [0.5, 0.6) is 0 Å². The molecule has 2 aromatic rings. The highest BCUT2D eigenvalue weighted by molar-refractivity contribution is 6.33. The molecule has 0 atom stereocenters. The molecular weight excluding hydrogens is 292 g/mol. The summed E-state index contributed by atoms with van der Waals surface area (Å²) in [5, 5.41) is 18.4. The molecular formula is C15H15ClN2O3. The molecule has 0 amide bonds. The molecule has 110 valence electrons. The molecule has 21 heavy (non-hydrogen) atoms. The standard InChI is InChI=1S/C15H15ClN2O3/c16-12-6-7-13(17-14(12)15(20)21)18(8-9-19)10-11-4-2-1-3-5-11/h1-7,19H,8-10H2,(H,20,21). The third-order valence-electron chi connectivity index (χ3n) is 2.94. The average molecular weight is 307 g/mol. The third-order valence-corrected chi connectivity index (χ3v) is 3.25. The number of carboxylic acids is 1. The zero-order valence-corrected chi connectivity index (χ0v) is 12.0. The number of halogens is 1. The van der Waals surface area contributed by atoms with E-state index in [0.717, 1.165) is 5.56 Å². The Morgan fingerprint density at radius 1 is 1.19 bits per heavy atom. The number of carbonyl (C=O) groups is 1. The molecule has 0 saturated carbocycles. The first-order valence-electron chi connectivity index (χ1n) is 6.41. The molecule has 0 aliphatic heterocycles. The van der Waals surface area contributed by atoms with Crippen molar-refractivity contribution in [3.8, 4) is 0 Å². The Bertz CT molecular complexity index is 620. The number of aromatic nitrogens is 1. The number of aliphatic hydroxyl groups excluding tert-OH is 1. The van der Waals surface area contributed by atoms with Gasteiger partial charge in [-0.2, -0.15) is 0 Å². The summed E-state index contributed by atoms with van der Waals surface area (Å²) in [5.41, 5.74) is 0.852. The molecule has 2 N–H and O–H groups in total. The molecule has 0 radical (unpaired) electrons. The molecule has 0 unspecified atom stereocenters. The number of benzene rings is 1. The van der Waals surface area contributed by atoms with Crippen LogP contribution < -0.4 is 4.90 Å². The Labute approximate surface area is 127 Å². The maximum absolute atomic E-state index is 11.1. The van der Waals surface area contributed by atoms with E-state index in [9.17, 15) is 9.90 Å². The van der Waals surface area contributed by atoms with E-state index in [2.05, 4.69) is 4.98 Å². The predicted molar refractivity (Wildman–Crippen MR) is 80.8 cm³/mol. The van der Waals surface area contributed by atoms with Gasteiger partial charge in [0, 0.05) is 13.1 Å². The molecule has 0 aliphatic rings. The van der Waals surface area contributed by atoms with Gasteiger partial charge in [-0.3, -0.25) is 0 Å². The number of rotatable bonds is 6. The van der Waals surface area contributed by atoms with Crippen molar-refractivity contribution in [1.82, 2.24) is 4.98 Å². The van der Waals surface area contributed by atoms with Gasteiger partial charge in [0.05, 0.1) is 11.6 Å². The second-order valence-electron chi connectivity index (χ2n) is 4.44. The topological polar surface area (TPSA) is 73.7 Å². The van der Waals surface area contributed by atoms with E-state index in [1.807, 2.05) is 30.3 Å². The Kier molecular flexibility index (Phi) is 5.14. The quantitative estimate of drug-likeness (QED) is 0.857. The molecule has 2 rings (SSSR count). The van der Waals surface area contributed by atoms with Gasteiger partial charge < -0.3 is 15.1 Å². The van der Waals surface area contributed by atoms with Crippen molar-refractivity contribution < 1.29 is 15.0 Å². The molecule has 1 heterocycles.